The highest BCUT2D eigenvalue weighted by molar-refractivity contribution is 5.78. The SMILES string of the molecule is CC[C@H](N)c1nc2cccc(F)c2c(=O)n1-c1cc(F)cc(C(F)F)c1. The van der Waals surface area contributed by atoms with Crippen molar-refractivity contribution in [2.45, 2.75) is 25.8 Å². The monoisotopic (exact) mass is 365 g/mol. The fourth-order valence-electron chi connectivity index (χ4n) is 2.74. The summed E-state index contributed by atoms with van der Waals surface area (Å²) in [7, 11) is 0. The maximum Gasteiger partial charge on any atom is 0.269 e. The molecule has 136 valence electrons. The summed E-state index contributed by atoms with van der Waals surface area (Å²) < 4.78 is 55.0. The number of aromatic nitrogens is 2. The van der Waals surface area contributed by atoms with Crippen molar-refractivity contribution in [2.75, 3.05) is 0 Å². The van der Waals surface area contributed by atoms with E-state index in [0.717, 1.165) is 22.8 Å². The van der Waals surface area contributed by atoms with Crippen LogP contribution in [-0.4, -0.2) is 9.55 Å². The molecule has 0 aliphatic carbocycles. The summed E-state index contributed by atoms with van der Waals surface area (Å²) in [6.07, 6.45) is -2.56. The van der Waals surface area contributed by atoms with E-state index in [1.54, 1.807) is 6.92 Å². The number of alkyl halides is 2. The third-order valence-electron chi connectivity index (χ3n) is 4.06. The first-order valence-corrected chi connectivity index (χ1v) is 7.89. The van der Waals surface area contributed by atoms with Gasteiger partial charge in [-0.3, -0.25) is 9.36 Å². The first-order valence-electron chi connectivity index (χ1n) is 7.89. The van der Waals surface area contributed by atoms with E-state index in [-0.39, 0.29) is 22.4 Å². The lowest BCUT2D eigenvalue weighted by atomic mass is 10.1. The van der Waals surface area contributed by atoms with Gasteiger partial charge in [-0.1, -0.05) is 13.0 Å². The van der Waals surface area contributed by atoms with Gasteiger partial charge >= 0.3 is 0 Å². The maximum absolute atomic E-state index is 14.2. The van der Waals surface area contributed by atoms with Gasteiger partial charge in [0.2, 0.25) is 0 Å². The van der Waals surface area contributed by atoms with E-state index in [1.165, 1.54) is 12.1 Å². The van der Waals surface area contributed by atoms with E-state index in [9.17, 15) is 22.4 Å². The highest BCUT2D eigenvalue weighted by atomic mass is 19.3. The van der Waals surface area contributed by atoms with Crippen LogP contribution in [0.4, 0.5) is 17.6 Å². The number of halogens is 4. The smallest absolute Gasteiger partial charge is 0.269 e. The zero-order valence-electron chi connectivity index (χ0n) is 13.7. The molecule has 0 aliphatic rings. The van der Waals surface area contributed by atoms with E-state index in [1.807, 2.05) is 0 Å². The molecule has 8 heteroatoms. The molecule has 26 heavy (non-hydrogen) atoms. The van der Waals surface area contributed by atoms with Crippen molar-refractivity contribution < 1.29 is 17.6 Å². The molecule has 0 aliphatic heterocycles. The van der Waals surface area contributed by atoms with Crippen molar-refractivity contribution >= 4 is 10.9 Å². The van der Waals surface area contributed by atoms with Gasteiger partial charge in [-0.25, -0.2) is 22.5 Å². The summed E-state index contributed by atoms with van der Waals surface area (Å²) in [5.41, 5.74) is 4.49. The van der Waals surface area contributed by atoms with E-state index in [4.69, 9.17) is 5.73 Å². The minimum absolute atomic E-state index is 0.0430. The molecule has 1 aromatic heterocycles. The third-order valence-corrected chi connectivity index (χ3v) is 4.06. The van der Waals surface area contributed by atoms with Gasteiger partial charge in [0, 0.05) is 5.56 Å². The topological polar surface area (TPSA) is 60.9 Å². The molecule has 0 saturated heterocycles. The predicted octanol–water partition coefficient (Wildman–Crippen LogP) is 4.01. The molecule has 0 saturated carbocycles. The average molecular weight is 365 g/mol. The number of benzene rings is 2. The highest BCUT2D eigenvalue weighted by Gasteiger charge is 2.21. The van der Waals surface area contributed by atoms with Gasteiger partial charge in [0.05, 0.1) is 17.2 Å². The van der Waals surface area contributed by atoms with Crippen molar-refractivity contribution in [1.82, 2.24) is 9.55 Å². The fraction of sp³-hybridized carbons (Fsp3) is 0.222. The lowest BCUT2D eigenvalue weighted by Crippen LogP contribution is -2.29. The summed E-state index contributed by atoms with van der Waals surface area (Å²) >= 11 is 0. The Hall–Kier alpha value is -2.74. The Morgan fingerprint density at radius 3 is 2.58 bits per heavy atom. The Balaban J connectivity index is 2.43. The third kappa shape index (κ3) is 3.08. The minimum Gasteiger partial charge on any atom is -0.321 e. The minimum atomic E-state index is -2.94. The van der Waals surface area contributed by atoms with Crippen LogP contribution in [0, 0.1) is 11.6 Å². The van der Waals surface area contributed by atoms with Crippen LogP contribution in [0.25, 0.3) is 16.6 Å². The molecule has 3 aromatic rings. The second-order valence-corrected chi connectivity index (χ2v) is 5.80. The van der Waals surface area contributed by atoms with Crippen LogP contribution in [0.3, 0.4) is 0 Å². The van der Waals surface area contributed by atoms with Crippen LogP contribution in [0.15, 0.2) is 41.2 Å². The fourth-order valence-corrected chi connectivity index (χ4v) is 2.74. The van der Waals surface area contributed by atoms with E-state index in [0.29, 0.717) is 12.5 Å². The number of hydrogen-bond acceptors (Lipinski definition) is 3. The molecule has 0 unspecified atom stereocenters. The van der Waals surface area contributed by atoms with Crippen molar-refractivity contribution in [1.29, 1.82) is 0 Å². The average Bonchev–Trinajstić information content (AvgIpc) is 2.60. The van der Waals surface area contributed by atoms with Gasteiger partial charge in [-0.2, -0.15) is 0 Å². The second kappa shape index (κ2) is 6.87. The van der Waals surface area contributed by atoms with Gasteiger partial charge in [0.15, 0.2) is 0 Å². The van der Waals surface area contributed by atoms with Crippen molar-refractivity contribution in [2.24, 2.45) is 5.73 Å². The standard InChI is InChI=1S/C18H15F4N3O/c1-2-13(23)17-24-14-5-3-4-12(20)15(14)18(26)25(17)11-7-9(16(21)22)6-10(19)8-11/h3-8,13,16H,2,23H2,1H3/t13-/m0/s1. The summed E-state index contributed by atoms with van der Waals surface area (Å²) in [5.74, 6) is -1.72. The molecule has 1 atom stereocenters. The Morgan fingerprint density at radius 1 is 1.19 bits per heavy atom. The molecule has 1 heterocycles. The van der Waals surface area contributed by atoms with Crippen molar-refractivity contribution in [3.63, 3.8) is 0 Å². The molecule has 2 aromatic carbocycles. The summed E-state index contributed by atoms with van der Waals surface area (Å²) in [5, 5.41) is -0.317. The molecule has 0 fully saturated rings. The van der Waals surface area contributed by atoms with E-state index >= 15 is 0 Å². The van der Waals surface area contributed by atoms with Gasteiger partial charge in [0.1, 0.15) is 22.8 Å². The molecule has 0 radical (unpaired) electrons. The molecule has 0 amide bonds. The highest BCUT2D eigenvalue weighted by Crippen LogP contribution is 2.25. The number of nitrogens with zero attached hydrogens (tertiary/aromatic N) is 2. The molecule has 2 N–H and O–H groups in total. The Labute approximate surface area is 145 Å². The van der Waals surface area contributed by atoms with Gasteiger partial charge in [-0.15, -0.1) is 0 Å². The second-order valence-electron chi connectivity index (χ2n) is 5.80. The zero-order chi connectivity index (χ0) is 19.0. The summed E-state index contributed by atoms with van der Waals surface area (Å²) in [4.78, 5) is 17.1. The van der Waals surface area contributed by atoms with Crippen LogP contribution in [0.2, 0.25) is 0 Å². The van der Waals surface area contributed by atoms with Crippen LogP contribution >= 0.6 is 0 Å². The number of hydrogen-bond donors (Lipinski definition) is 1. The van der Waals surface area contributed by atoms with Gasteiger partial charge in [-0.05, 0) is 36.8 Å². The van der Waals surface area contributed by atoms with Crippen LogP contribution in [0.1, 0.15) is 37.2 Å². The lowest BCUT2D eigenvalue weighted by Gasteiger charge is -2.18. The number of nitrogens with two attached hydrogens (primary N) is 1. The largest absolute Gasteiger partial charge is 0.321 e. The molecule has 3 rings (SSSR count). The van der Waals surface area contributed by atoms with Crippen LogP contribution in [-0.2, 0) is 0 Å². The number of rotatable bonds is 4. The zero-order valence-corrected chi connectivity index (χ0v) is 13.7. The van der Waals surface area contributed by atoms with E-state index in [2.05, 4.69) is 4.98 Å². The predicted molar refractivity (Wildman–Crippen MR) is 89.4 cm³/mol. The van der Waals surface area contributed by atoms with Gasteiger partial charge < -0.3 is 5.73 Å². The Kier molecular flexibility index (Phi) is 4.78. The Morgan fingerprint density at radius 2 is 1.92 bits per heavy atom. The normalized spacial score (nSPS) is 12.7. The summed E-state index contributed by atoms with van der Waals surface area (Å²) in [6.45, 7) is 1.74. The van der Waals surface area contributed by atoms with Crippen LogP contribution < -0.4 is 11.3 Å². The Bertz CT molecular complexity index is 1030. The molecule has 0 spiro atoms. The first kappa shape index (κ1) is 18.1. The quantitative estimate of drug-likeness (QED) is 0.711. The van der Waals surface area contributed by atoms with Crippen molar-refractivity contribution in [3.8, 4) is 5.69 Å². The van der Waals surface area contributed by atoms with Crippen molar-refractivity contribution in [3.05, 3.63) is 69.8 Å². The summed E-state index contributed by atoms with van der Waals surface area (Å²) in [6, 6.07) is 5.76. The van der Waals surface area contributed by atoms with Crippen LogP contribution in [0.5, 0.6) is 0 Å². The maximum atomic E-state index is 14.2. The molecule has 0 bridgehead atoms. The number of fused-ring (bicyclic) bond motifs is 1. The van der Waals surface area contributed by atoms with Gasteiger partial charge in [0.25, 0.3) is 12.0 Å². The lowest BCUT2D eigenvalue weighted by molar-refractivity contribution is 0.151. The molecular formula is C18H15F4N3O. The first-order chi connectivity index (χ1) is 12.3. The molecule has 4 nitrogen and oxygen atoms in total. The van der Waals surface area contributed by atoms with E-state index < -0.39 is 35.2 Å². The molecular weight excluding hydrogens is 350 g/mol.